The Morgan fingerprint density at radius 2 is 1.06 bits per heavy atom. The van der Waals surface area contributed by atoms with E-state index in [9.17, 15) is 8.78 Å². The maximum atomic E-state index is 12.8. The molecule has 0 aromatic carbocycles. The van der Waals surface area contributed by atoms with Crippen molar-refractivity contribution in [1.29, 1.82) is 0 Å². The van der Waals surface area contributed by atoms with Gasteiger partial charge in [-0.25, -0.2) is 8.78 Å². The van der Waals surface area contributed by atoms with Crippen LogP contribution < -0.4 is 0 Å². The van der Waals surface area contributed by atoms with E-state index >= 15 is 0 Å². The molecule has 0 aromatic heterocycles. The molecule has 3 saturated carbocycles. The Hall–Kier alpha value is -0.140. The van der Waals surface area contributed by atoms with Crippen molar-refractivity contribution in [2.45, 2.75) is 153 Å². The van der Waals surface area contributed by atoms with Gasteiger partial charge in [0, 0.05) is 12.8 Å². The Kier molecular flexibility index (Phi) is 12.8. The monoisotopic (exact) mass is 498 g/mol. The third-order valence-electron chi connectivity index (χ3n) is 9.48. The van der Waals surface area contributed by atoms with E-state index in [1.807, 2.05) is 0 Å². The first-order valence-corrected chi connectivity index (χ1v) is 15.3. The summed E-state index contributed by atoms with van der Waals surface area (Å²) in [4.78, 5) is 0. The summed E-state index contributed by atoms with van der Waals surface area (Å²) in [6, 6.07) is 0. The zero-order chi connectivity index (χ0) is 27.2. The third kappa shape index (κ3) is 10.6. The van der Waals surface area contributed by atoms with Crippen LogP contribution in [0.25, 0.3) is 0 Å². The van der Waals surface area contributed by atoms with Crippen molar-refractivity contribution in [1.82, 2.24) is 0 Å². The van der Waals surface area contributed by atoms with Gasteiger partial charge in [0.25, 0.3) is 0 Å². The molecule has 0 saturated heterocycles. The SMILES string of the molecule is CC(C)CC(C(C)C)C1CC1.CC(C)CC1(C(C)C)CC(F)(F)C1.CC(C)CC1(C(C)C)CCC1. The van der Waals surface area contributed by atoms with Gasteiger partial charge in [-0.2, -0.15) is 0 Å². The van der Waals surface area contributed by atoms with Crippen LogP contribution in [0, 0.1) is 58.2 Å². The number of rotatable bonds is 10. The number of alkyl halides is 2. The molecule has 3 fully saturated rings. The lowest BCUT2D eigenvalue weighted by atomic mass is 9.57. The predicted molar refractivity (Wildman–Crippen MR) is 152 cm³/mol. The zero-order valence-electron chi connectivity index (χ0n) is 25.9. The fourth-order valence-corrected chi connectivity index (χ4v) is 7.12. The highest BCUT2D eigenvalue weighted by Gasteiger charge is 2.57. The minimum absolute atomic E-state index is 0.0718. The molecule has 3 aliphatic carbocycles. The van der Waals surface area contributed by atoms with E-state index in [2.05, 4.69) is 83.1 Å². The molecule has 210 valence electrons. The van der Waals surface area contributed by atoms with Crippen molar-refractivity contribution < 1.29 is 8.78 Å². The number of hydrogen-bond acceptors (Lipinski definition) is 0. The molecule has 1 unspecified atom stereocenters. The van der Waals surface area contributed by atoms with Crippen molar-refractivity contribution in [2.24, 2.45) is 58.2 Å². The van der Waals surface area contributed by atoms with E-state index in [4.69, 9.17) is 0 Å². The molecule has 0 nitrogen and oxygen atoms in total. The normalized spacial score (nSPS) is 23.0. The van der Waals surface area contributed by atoms with Gasteiger partial charge >= 0.3 is 0 Å². The average molecular weight is 499 g/mol. The van der Waals surface area contributed by atoms with E-state index in [1.165, 1.54) is 44.9 Å². The lowest BCUT2D eigenvalue weighted by Crippen LogP contribution is -2.49. The molecule has 3 aliphatic rings. The molecular weight excluding hydrogens is 434 g/mol. The van der Waals surface area contributed by atoms with E-state index < -0.39 is 5.92 Å². The Bertz CT molecular complexity index is 560. The number of halogens is 2. The summed E-state index contributed by atoms with van der Waals surface area (Å²) in [5.41, 5.74) is 0.672. The van der Waals surface area contributed by atoms with Crippen molar-refractivity contribution in [3.05, 3.63) is 0 Å². The zero-order valence-corrected chi connectivity index (χ0v) is 25.9. The minimum atomic E-state index is -2.38. The number of hydrogen-bond donors (Lipinski definition) is 0. The largest absolute Gasteiger partial charge is 0.249 e. The fraction of sp³-hybridized carbons (Fsp3) is 1.00. The van der Waals surface area contributed by atoms with E-state index in [0.29, 0.717) is 11.8 Å². The second-order valence-electron chi connectivity index (χ2n) is 15.2. The molecule has 1 atom stereocenters. The second-order valence-corrected chi connectivity index (χ2v) is 15.2. The maximum absolute atomic E-state index is 12.8. The van der Waals surface area contributed by atoms with Crippen LogP contribution in [-0.4, -0.2) is 5.92 Å². The summed E-state index contributed by atoms with van der Waals surface area (Å²) in [6.45, 7) is 27.3. The fourth-order valence-electron chi connectivity index (χ4n) is 7.12. The lowest BCUT2D eigenvalue weighted by molar-refractivity contribution is -0.185. The van der Waals surface area contributed by atoms with Crippen LogP contribution >= 0.6 is 0 Å². The van der Waals surface area contributed by atoms with Crippen LogP contribution in [0.2, 0.25) is 0 Å². The molecule has 2 heteroatoms. The minimum Gasteiger partial charge on any atom is -0.207 e. The summed E-state index contributed by atoms with van der Waals surface area (Å²) in [5, 5.41) is 0. The van der Waals surface area contributed by atoms with Crippen molar-refractivity contribution in [3.63, 3.8) is 0 Å². The first-order valence-electron chi connectivity index (χ1n) is 15.3. The van der Waals surface area contributed by atoms with E-state index in [0.717, 1.165) is 47.3 Å². The van der Waals surface area contributed by atoms with Crippen molar-refractivity contribution >= 4 is 0 Å². The first-order chi connectivity index (χ1) is 16.0. The predicted octanol–water partition coefficient (Wildman–Crippen LogP) is 11.7. The van der Waals surface area contributed by atoms with Crippen LogP contribution in [0.15, 0.2) is 0 Å². The molecule has 0 aromatic rings. The van der Waals surface area contributed by atoms with Crippen LogP contribution in [-0.2, 0) is 0 Å². The van der Waals surface area contributed by atoms with Crippen molar-refractivity contribution in [2.75, 3.05) is 0 Å². The van der Waals surface area contributed by atoms with Gasteiger partial charge in [0.2, 0.25) is 5.92 Å². The summed E-state index contributed by atoms with van der Waals surface area (Å²) >= 11 is 0. The highest BCUT2D eigenvalue weighted by Crippen LogP contribution is 2.59. The average Bonchev–Trinajstić information content (AvgIpc) is 3.45. The molecule has 0 radical (unpaired) electrons. The molecule has 3 rings (SSSR count). The molecule has 0 aliphatic heterocycles. The third-order valence-corrected chi connectivity index (χ3v) is 9.48. The highest BCUT2D eigenvalue weighted by atomic mass is 19.3. The smallest absolute Gasteiger partial charge is 0.207 e. The highest BCUT2D eigenvalue weighted by molar-refractivity contribution is 5.00. The van der Waals surface area contributed by atoms with Crippen LogP contribution in [0.4, 0.5) is 8.78 Å². The Morgan fingerprint density at radius 3 is 1.26 bits per heavy atom. The lowest BCUT2D eigenvalue weighted by Gasteiger charge is -2.51. The van der Waals surface area contributed by atoms with Crippen LogP contribution in [0.3, 0.4) is 0 Å². The van der Waals surface area contributed by atoms with Gasteiger partial charge in [-0.05, 0) is 103 Å². The van der Waals surface area contributed by atoms with Crippen LogP contribution in [0.1, 0.15) is 147 Å². The maximum Gasteiger partial charge on any atom is 0.249 e. The van der Waals surface area contributed by atoms with Gasteiger partial charge < -0.3 is 0 Å². The van der Waals surface area contributed by atoms with Gasteiger partial charge in [0.15, 0.2) is 0 Å². The van der Waals surface area contributed by atoms with Gasteiger partial charge in [-0.15, -0.1) is 0 Å². The van der Waals surface area contributed by atoms with E-state index in [-0.39, 0.29) is 18.3 Å². The molecule has 0 bridgehead atoms. The topological polar surface area (TPSA) is 0 Å². The molecule has 35 heavy (non-hydrogen) atoms. The van der Waals surface area contributed by atoms with E-state index in [1.54, 1.807) is 0 Å². The van der Waals surface area contributed by atoms with Gasteiger partial charge in [0.05, 0.1) is 0 Å². The van der Waals surface area contributed by atoms with Gasteiger partial charge in [-0.3, -0.25) is 0 Å². The Balaban J connectivity index is 0.000000264. The standard InChI is InChI=1S/C11H20F2.2C11H22/c1-8(2)5-10(9(3)4)6-11(12,13)7-10;1-8(2)7-11(9(3)4)10-5-6-10;1-9(2)8-11(10(3)4)6-5-7-11/h8-9H,5-7H2,1-4H3;8-11H,5-7H2,1-4H3;9-10H,5-8H2,1-4H3. The van der Waals surface area contributed by atoms with Gasteiger partial charge in [-0.1, -0.05) is 89.5 Å². The Morgan fingerprint density at radius 1 is 0.629 bits per heavy atom. The summed E-state index contributed by atoms with van der Waals surface area (Å²) < 4.78 is 25.7. The van der Waals surface area contributed by atoms with Crippen molar-refractivity contribution in [3.8, 4) is 0 Å². The summed E-state index contributed by atoms with van der Waals surface area (Å²) in [7, 11) is 0. The summed E-state index contributed by atoms with van der Waals surface area (Å²) in [5.74, 6) is 4.24. The molecule has 0 amide bonds. The molecule has 0 N–H and O–H groups in total. The molecule has 0 heterocycles. The first kappa shape index (κ1) is 32.9. The quantitative estimate of drug-likeness (QED) is 0.281. The molecule has 0 spiro atoms. The van der Waals surface area contributed by atoms with Crippen LogP contribution in [0.5, 0.6) is 0 Å². The summed E-state index contributed by atoms with van der Waals surface area (Å²) in [6.07, 6.45) is 11.5. The second kappa shape index (κ2) is 13.6. The molecular formula is C33H64F2. The van der Waals surface area contributed by atoms with Gasteiger partial charge in [0.1, 0.15) is 0 Å². The Labute approximate surface area is 220 Å².